The minimum Gasteiger partial charge on any atom is -0.347 e. The van der Waals surface area contributed by atoms with Crippen LogP contribution < -0.4 is 16.2 Å². The van der Waals surface area contributed by atoms with Crippen molar-refractivity contribution in [3.63, 3.8) is 0 Å². The van der Waals surface area contributed by atoms with Gasteiger partial charge >= 0.3 is 0 Å². The first-order chi connectivity index (χ1) is 21.1. The van der Waals surface area contributed by atoms with Gasteiger partial charge in [-0.25, -0.2) is 23.7 Å². The number of hydrogen-bond acceptors (Lipinski definition) is 7. The normalized spacial score (nSPS) is 11.4. The molecule has 0 aliphatic heterocycles. The van der Waals surface area contributed by atoms with Gasteiger partial charge in [-0.15, -0.1) is 0 Å². The molecule has 9 nitrogen and oxygen atoms in total. The van der Waals surface area contributed by atoms with Crippen molar-refractivity contribution in [3.05, 3.63) is 129 Å². The Balaban J connectivity index is 1.20. The number of halogens is 3. The number of nitrogens with zero attached hydrogens (tertiary/aromatic N) is 5. The molecule has 12 heteroatoms. The molecule has 0 atom stereocenters. The lowest BCUT2D eigenvalue weighted by atomic mass is 10.1. The number of hydrogen-bond donors (Lipinski definition) is 2. The molecule has 3 aromatic carbocycles. The Bertz CT molecular complexity index is 1910. The number of nitrogens with one attached hydrogen (secondary N) is 2. The first-order valence-corrected chi connectivity index (χ1v) is 14.0. The van der Waals surface area contributed by atoms with Gasteiger partial charge in [0.1, 0.15) is 5.15 Å². The summed E-state index contributed by atoms with van der Waals surface area (Å²) >= 11 is 6.03. The summed E-state index contributed by atoms with van der Waals surface area (Å²) in [5.41, 5.74) is 2.92. The van der Waals surface area contributed by atoms with Crippen LogP contribution in [0.3, 0.4) is 0 Å². The van der Waals surface area contributed by atoms with Gasteiger partial charge in [0, 0.05) is 36.6 Å². The summed E-state index contributed by atoms with van der Waals surface area (Å²) in [5.74, 6) is -2.28. The molecule has 2 N–H and O–H groups in total. The molecule has 5 rings (SSSR count). The van der Waals surface area contributed by atoms with Crippen molar-refractivity contribution in [2.75, 3.05) is 26.0 Å². The number of anilines is 2. The first kappa shape index (κ1) is 30.5. The van der Waals surface area contributed by atoms with Crippen molar-refractivity contribution in [2.45, 2.75) is 13.1 Å². The second kappa shape index (κ2) is 13.5. The summed E-state index contributed by atoms with van der Waals surface area (Å²) in [6.07, 6.45) is 6.50. The third kappa shape index (κ3) is 7.68. The molecule has 0 unspecified atom stereocenters. The lowest BCUT2D eigenvalue weighted by Gasteiger charge is -2.11. The second-order valence-corrected chi connectivity index (χ2v) is 10.7. The highest BCUT2D eigenvalue weighted by Crippen LogP contribution is 2.19. The topological polar surface area (TPSA) is 105 Å². The van der Waals surface area contributed by atoms with Gasteiger partial charge in [-0.3, -0.25) is 9.59 Å². The molecule has 224 valence electrons. The summed E-state index contributed by atoms with van der Waals surface area (Å²) in [5, 5.41) is 6.59. The van der Waals surface area contributed by atoms with Crippen LogP contribution in [0.1, 0.15) is 27.2 Å². The maximum absolute atomic E-state index is 13.6. The SMILES string of the molecule is CN(C)Cc1ccc(Nc2ncc3cc(/C=C/CNC(=O)c4nc(Cl)cn(Cc5ccc(F)c(F)c5)c4=O)ccc3n2)cc1. The monoisotopic (exact) mass is 615 g/mol. The van der Waals surface area contributed by atoms with Crippen LogP contribution in [-0.4, -0.2) is 51.0 Å². The van der Waals surface area contributed by atoms with Crippen LogP contribution in [0.5, 0.6) is 0 Å². The van der Waals surface area contributed by atoms with E-state index < -0.39 is 28.8 Å². The highest BCUT2D eigenvalue weighted by molar-refractivity contribution is 6.29. The summed E-state index contributed by atoms with van der Waals surface area (Å²) in [6.45, 7) is 0.854. The van der Waals surface area contributed by atoms with E-state index in [1.54, 1.807) is 12.3 Å². The zero-order valence-electron chi connectivity index (χ0n) is 23.9. The number of carbonyl (C=O) groups excluding carboxylic acids is 1. The summed E-state index contributed by atoms with van der Waals surface area (Å²) < 4.78 is 28.0. The lowest BCUT2D eigenvalue weighted by molar-refractivity contribution is 0.0950. The molecule has 1 amide bonds. The Hall–Kier alpha value is -5.00. The minimum atomic E-state index is -1.04. The molecule has 0 aliphatic carbocycles. The van der Waals surface area contributed by atoms with E-state index in [4.69, 9.17) is 11.6 Å². The zero-order chi connectivity index (χ0) is 31.2. The standard InChI is InChI=1S/C32H28ClF2N7O2/c1-41(2)17-21-5-9-24(10-6-21)38-32-37-16-23-14-20(8-12-27(23)39-32)4-3-13-36-30(43)29-31(44)42(19-28(33)40-29)18-22-7-11-25(34)26(35)15-22/h3-12,14-16,19H,13,17-18H2,1-2H3,(H,36,43)(H,37,38,39)/b4-3+. The van der Waals surface area contributed by atoms with Crippen molar-refractivity contribution < 1.29 is 13.6 Å². The van der Waals surface area contributed by atoms with Crippen LogP contribution >= 0.6 is 11.6 Å². The average Bonchev–Trinajstić information content (AvgIpc) is 2.99. The maximum atomic E-state index is 13.6. The Labute approximate surface area is 256 Å². The molecule has 0 saturated heterocycles. The van der Waals surface area contributed by atoms with Crippen molar-refractivity contribution in [3.8, 4) is 0 Å². The van der Waals surface area contributed by atoms with Gasteiger partial charge < -0.3 is 20.1 Å². The maximum Gasteiger partial charge on any atom is 0.282 e. The molecule has 0 saturated carbocycles. The van der Waals surface area contributed by atoms with Crippen molar-refractivity contribution in [1.82, 2.24) is 29.7 Å². The lowest BCUT2D eigenvalue weighted by Crippen LogP contribution is -2.34. The van der Waals surface area contributed by atoms with Gasteiger partial charge in [0.15, 0.2) is 17.3 Å². The quantitative estimate of drug-likeness (QED) is 0.216. The fourth-order valence-electron chi connectivity index (χ4n) is 4.44. The second-order valence-electron chi connectivity index (χ2n) is 10.3. The Morgan fingerprint density at radius 3 is 2.52 bits per heavy atom. The molecule has 0 bridgehead atoms. The highest BCUT2D eigenvalue weighted by Gasteiger charge is 2.16. The Morgan fingerprint density at radius 2 is 1.77 bits per heavy atom. The number of fused-ring (bicyclic) bond motifs is 1. The van der Waals surface area contributed by atoms with E-state index in [1.165, 1.54) is 17.8 Å². The molecular formula is C32H28ClF2N7O2. The van der Waals surface area contributed by atoms with Gasteiger partial charge in [-0.05, 0) is 67.2 Å². The molecule has 0 fully saturated rings. The number of benzene rings is 3. The summed E-state index contributed by atoms with van der Waals surface area (Å²) in [4.78, 5) is 40.6. The van der Waals surface area contributed by atoms with E-state index in [9.17, 15) is 18.4 Å². The molecule has 44 heavy (non-hydrogen) atoms. The number of amides is 1. The third-order valence-electron chi connectivity index (χ3n) is 6.50. The van der Waals surface area contributed by atoms with Gasteiger partial charge in [0.05, 0.1) is 12.1 Å². The predicted octanol–water partition coefficient (Wildman–Crippen LogP) is 5.41. The van der Waals surface area contributed by atoms with Crippen molar-refractivity contribution in [2.24, 2.45) is 0 Å². The van der Waals surface area contributed by atoms with Crippen molar-refractivity contribution >= 4 is 46.1 Å². The Morgan fingerprint density at radius 1 is 1.00 bits per heavy atom. The average molecular weight is 616 g/mol. The van der Waals surface area contributed by atoms with Crippen LogP contribution in [0, 0.1) is 11.6 Å². The molecule has 0 radical (unpaired) electrons. The largest absolute Gasteiger partial charge is 0.347 e. The highest BCUT2D eigenvalue weighted by atomic mass is 35.5. The van der Waals surface area contributed by atoms with Crippen LogP contribution in [0.2, 0.25) is 5.15 Å². The van der Waals surface area contributed by atoms with Gasteiger partial charge in [0.2, 0.25) is 5.95 Å². The van der Waals surface area contributed by atoms with E-state index in [0.717, 1.165) is 45.4 Å². The van der Waals surface area contributed by atoms with E-state index in [0.29, 0.717) is 11.5 Å². The molecular weight excluding hydrogens is 588 g/mol. The molecule has 0 aliphatic rings. The number of rotatable bonds is 10. The fraction of sp³-hybridized carbons (Fsp3) is 0.156. The predicted molar refractivity (Wildman–Crippen MR) is 167 cm³/mol. The van der Waals surface area contributed by atoms with E-state index in [2.05, 4.69) is 42.6 Å². The fourth-order valence-corrected chi connectivity index (χ4v) is 4.64. The van der Waals surface area contributed by atoms with Gasteiger partial charge in [-0.2, -0.15) is 0 Å². The number of carbonyl (C=O) groups is 1. The third-order valence-corrected chi connectivity index (χ3v) is 6.68. The summed E-state index contributed by atoms with van der Waals surface area (Å²) in [6, 6.07) is 17.1. The van der Waals surface area contributed by atoms with Gasteiger partial charge in [-0.1, -0.05) is 48.0 Å². The summed E-state index contributed by atoms with van der Waals surface area (Å²) in [7, 11) is 4.05. The van der Waals surface area contributed by atoms with Crippen molar-refractivity contribution in [1.29, 1.82) is 0 Å². The van der Waals surface area contributed by atoms with E-state index >= 15 is 0 Å². The van der Waals surface area contributed by atoms with Gasteiger partial charge in [0.25, 0.3) is 11.5 Å². The number of aromatic nitrogens is 4. The molecule has 5 aromatic rings. The molecule has 0 spiro atoms. The van der Waals surface area contributed by atoms with Crippen LogP contribution in [0.15, 0.2) is 83.9 Å². The van der Waals surface area contributed by atoms with E-state index in [1.807, 2.05) is 50.5 Å². The first-order valence-electron chi connectivity index (χ1n) is 13.6. The Kier molecular flexibility index (Phi) is 9.37. The minimum absolute atomic E-state index is 0.0949. The smallest absolute Gasteiger partial charge is 0.282 e. The zero-order valence-corrected chi connectivity index (χ0v) is 24.6. The van der Waals surface area contributed by atoms with Crippen LogP contribution in [0.25, 0.3) is 17.0 Å². The molecule has 2 aromatic heterocycles. The van der Waals surface area contributed by atoms with Crippen LogP contribution in [0.4, 0.5) is 20.4 Å². The van der Waals surface area contributed by atoms with Crippen LogP contribution in [-0.2, 0) is 13.1 Å². The van der Waals surface area contributed by atoms with E-state index in [-0.39, 0.29) is 18.2 Å². The molecule has 2 heterocycles.